The molecule has 0 radical (unpaired) electrons. The van der Waals surface area contributed by atoms with E-state index < -0.39 is 5.91 Å². The lowest BCUT2D eigenvalue weighted by Gasteiger charge is -1.95. The van der Waals surface area contributed by atoms with Gasteiger partial charge in [0.05, 0.1) is 12.8 Å². The fourth-order valence-corrected chi connectivity index (χ4v) is 1.73. The van der Waals surface area contributed by atoms with Crippen LogP contribution in [0.5, 0.6) is 5.95 Å². The predicted octanol–water partition coefficient (Wildman–Crippen LogP) is 1.90. The largest absolute Gasteiger partial charge is 0.464 e. The van der Waals surface area contributed by atoms with Gasteiger partial charge in [0, 0.05) is 4.88 Å². The second-order valence-corrected chi connectivity index (χ2v) is 4.11. The third-order valence-electron chi connectivity index (χ3n) is 1.87. The van der Waals surface area contributed by atoms with E-state index in [4.69, 9.17) is 9.15 Å². The van der Waals surface area contributed by atoms with Gasteiger partial charge in [0.2, 0.25) is 0 Å². The van der Waals surface area contributed by atoms with Gasteiger partial charge in [-0.2, -0.15) is 5.10 Å². The van der Waals surface area contributed by atoms with E-state index in [0.29, 0.717) is 6.61 Å². The molecule has 7 heteroatoms. The molecule has 0 saturated heterocycles. The minimum atomic E-state index is -0.520. The summed E-state index contributed by atoms with van der Waals surface area (Å²) >= 11 is 1.52. The van der Waals surface area contributed by atoms with Gasteiger partial charge in [-0.25, -0.2) is 10.4 Å². The second-order valence-electron chi connectivity index (χ2n) is 3.13. The molecule has 0 aliphatic heterocycles. The maximum atomic E-state index is 11.6. The molecule has 0 atom stereocenters. The van der Waals surface area contributed by atoms with Crippen LogP contribution in [0.15, 0.2) is 33.2 Å². The number of nitrogens with zero attached hydrogens (tertiary/aromatic N) is 2. The van der Waals surface area contributed by atoms with E-state index in [0.717, 1.165) is 4.88 Å². The average Bonchev–Trinajstić information content (AvgIpc) is 3.00. The number of amides is 1. The van der Waals surface area contributed by atoms with Gasteiger partial charge in [0.25, 0.3) is 5.89 Å². The number of nitrogens with one attached hydrogen (secondary N) is 1. The first-order valence-electron chi connectivity index (χ1n) is 5.25. The molecule has 2 aromatic heterocycles. The van der Waals surface area contributed by atoms with E-state index >= 15 is 0 Å². The van der Waals surface area contributed by atoms with Crippen LogP contribution in [0.4, 0.5) is 0 Å². The van der Waals surface area contributed by atoms with Gasteiger partial charge >= 0.3 is 11.9 Å². The molecule has 2 rings (SSSR count). The van der Waals surface area contributed by atoms with Crippen molar-refractivity contribution >= 4 is 23.5 Å². The maximum Gasteiger partial charge on any atom is 0.327 e. The zero-order valence-electron chi connectivity index (χ0n) is 9.62. The molecule has 0 spiro atoms. The molecule has 0 saturated carbocycles. The molecule has 2 heterocycles. The number of rotatable bonds is 5. The Labute approximate surface area is 107 Å². The molecule has 1 N–H and O–H groups in total. The van der Waals surface area contributed by atoms with E-state index in [9.17, 15) is 4.79 Å². The van der Waals surface area contributed by atoms with Crippen molar-refractivity contribution in [3.63, 3.8) is 0 Å². The molecule has 94 valence electrons. The summed E-state index contributed by atoms with van der Waals surface area (Å²) in [5, 5.41) is 5.71. The highest BCUT2D eigenvalue weighted by molar-refractivity contribution is 7.11. The van der Waals surface area contributed by atoms with Gasteiger partial charge in [-0.15, -0.1) is 11.3 Å². The summed E-state index contributed by atoms with van der Waals surface area (Å²) in [7, 11) is 0. The maximum absolute atomic E-state index is 11.6. The summed E-state index contributed by atoms with van der Waals surface area (Å²) in [6, 6.07) is 3.79. The topological polar surface area (TPSA) is 76.7 Å². The van der Waals surface area contributed by atoms with Crippen LogP contribution in [0.25, 0.3) is 0 Å². The third-order valence-corrected chi connectivity index (χ3v) is 2.67. The Balaban J connectivity index is 1.91. The van der Waals surface area contributed by atoms with Crippen molar-refractivity contribution in [3.8, 4) is 5.95 Å². The van der Waals surface area contributed by atoms with E-state index in [1.54, 1.807) is 6.21 Å². The number of aromatic nitrogens is 1. The molecule has 0 unspecified atom stereocenters. The summed E-state index contributed by atoms with van der Waals surface area (Å²) in [4.78, 5) is 16.3. The van der Waals surface area contributed by atoms with Crippen LogP contribution in [-0.2, 0) is 0 Å². The quantitative estimate of drug-likeness (QED) is 0.661. The Morgan fingerprint density at radius 1 is 1.72 bits per heavy atom. The average molecular weight is 265 g/mol. The third kappa shape index (κ3) is 3.17. The number of oxazole rings is 1. The first-order valence-corrected chi connectivity index (χ1v) is 6.13. The molecule has 2 aromatic rings. The fraction of sp³-hybridized carbons (Fsp3) is 0.182. The summed E-state index contributed by atoms with van der Waals surface area (Å²) in [5.41, 5.74) is 2.32. The summed E-state index contributed by atoms with van der Waals surface area (Å²) in [6.07, 6.45) is 2.90. The van der Waals surface area contributed by atoms with Gasteiger partial charge in [0.1, 0.15) is 6.20 Å². The molecule has 18 heavy (non-hydrogen) atoms. The Bertz CT molecular complexity index is 533. The Morgan fingerprint density at radius 3 is 3.33 bits per heavy atom. The van der Waals surface area contributed by atoms with Gasteiger partial charge < -0.3 is 9.15 Å². The van der Waals surface area contributed by atoms with Crippen LogP contribution in [0.3, 0.4) is 0 Å². The lowest BCUT2D eigenvalue weighted by molar-refractivity contribution is 0.0912. The molecule has 1 amide bonds. The van der Waals surface area contributed by atoms with Crippen molar-refractivity contribution < 1.29 is 13.9 Å². The highest BCUT2D eigenvalue weighted by Gasteiger charge is 2.12. The Morgan fingerprint density at radius 2 is 2.61 bits per heavy atom. The van der Waals surface area contributed by atoms with Crippen LogP contribution < -0.4 is 10.2 Å². The molecular weight excluding hydrogens is 254 g/mol. The van der Waals surface area contributed by atoms with Crippen LogP contribution in [0, 0.1) is 0 Å². The number of carbonyl (C=O) groups excluding carboxylic acids is 1. The van der Waals surface area contributed by atoms with Crippen molar-refractivity contribution in [1.29, 1.82) is 0 Å². The van der Waals surface area contributed by atoms with Crippen LogP contribution in [-0.4, -0.2) is 23.7 Å². The smallest absolute Gasteiger partial charge is 0.327 e. The Kier molecular flexibility index (Phi) is 4.08. The van der Waals surface area contributed by atoms with Crippen LogP contribution >= 0.6 is 11.3 Å². The molecule has 0 bridgehead atoms. The van der Waals surface area contributed by atoms with E-state index in [2.05, 4.69) is 15.5 Å². The van der Waals surface area contributed by atoms with Crippen LogP contribution in [0.1, 0.15) is 22.5 Å². The Hall–Kier alpha value is -2.15. The van der Waals surface area contributed by atoms with E-state index in [1.807, 2.05) is 24.4 Å². The number of thiophene rings is 1. The fourth-order valence-electron chi connectivity index (χ4n) is 1.14. The number of hydrogen-bond acceptors (Lipinski definition) is 6. The predicted molar refractivity (Wildman–Crippen MR) is 67.1 cm³/mol. The summed E-state index contributed by atoms with van der Waals surface area (Å²) in [5.74, 6) is -0.388. The molecule has 0 aliphatic carbocycles. The molecular formula is C11H11N3O3S. The SMILES string of the molecule is CCOc1cnc(C(=O)N/N=C\c2cccs2)o1. The molecule has 6 nitrogen and oxygen atoms in total. The van der Waals surface area contributed by atoms with Gasteiger partial charge in [-0.05, 0) is 18.4 Å². The lowest BCUT2D eigenvalue weighted by atomic mass is 10.5. The number of carbonyl (C=O) groups is 1. The first-order chi connectivity index (χ1) is 8.79. The van der Waals surface area contributed by atoms with Crippen molar-refractivity contribution in [1.82, 2.24) is 10.4 Å². The van der Waals surface area contributed by atoms with E-state index in [1.165, 1.54) is 17.5 Å². The van der Waals surface area contributed by atoms with Crippen molar-refractivity contribution in [2.24, 2.45) is 5.10 Å². The highest BCUT2D eigenvalue weighted by atomic mass is 32.1. The molecule has 0 aliphatic rings. The van der Waals surface area contributed by atoms with Crippen molar-refractivity contribution in [2.75, 3.05) is 6.61 Å². The zero-order valence-corrected chi connectivity index (χ0v) is 10.4. The standard InChI is InChI=1S/C11H11N3O3S/c1-2-16-9-7-12-11(17-9)10(15)14-13-6-8-4-3-5-18-8/h3-7H,2H2,1H3,(H,14,15)/b13-6-. The van der Waals surface area contributed by atoms with Crippen molar-refractivity contribution in [3.05, 3.63) is 34.5 Å². The summed E-state index contributed by atoms with van der Waals surface area (Å²) < 4.78 is 10.1. The minimum absolute atomic E-state index is 0.0817. The number of hydrogen-bond donors (Lipinski definition) is 1. The normalized spacial score (nSPS) is 10.7. The molecule has 0 fully saturated rings. The van der Waals surface area contributed by atoms with Gasteiger partial charge in [-0.1, -0.05) is 6.07 Å². The number of ether oxygens (including phenoxy) is 1. The van der Waals surface area contributed by atoms with E-state index in [-0.39, 0.29) is 11.8 Å². The molecule has 0 aromatic carbocycles. The van der Waals surface area contributed by atoms with Crippen LogP contribution in [0.2, 0.25) is 0 Å². The highest BCUT2D eigenvalue weighted by Crippen LogP contribution is 2.12. The minimum Gasteiger partial charge on any atom is -0.464 e. The summed E-state index contributed by atoms with van der Waals surface area (Å²) in [6.45, 7) is 2.26. The first kappa shape index (κ1) is 12.3. The lowest BCUT2D eigenvalue weighted by Crippen LogP contribution is -2.17. The number of hydrazone groups is 1. The zero-order chi connectivity index (χ0) is 12.8. The monoisotopic (exact) mass is 265 g/mol. The second kappa shape index (κ2) is 5.97. The van der Waals surface area contributed by atoms with Gasteiger partial charge in [0.15, 0.2) is 0 Å². The van der Waals surface area contributed by atoms with Crippen molar-refractivity contribution in [2.45, 2.75) is 6.92 Å². The van der Waals surface area contributed by atoms with Gasteiger partial charge in [-0.3, -0.25) is 4.79 Å².